The fourth-order valence-electron chi connectivity index (χ4n) is 2.49. The molecule has 9 nitrogen and oxygen atoms in total. The van der Waals surface area contributed by atoms with Gasteiger partial charge < -0.3 is 0 Å². The summed E-state index contributed by atoms with van der Waals surface area (Å²) in [7, 11) is 0.951. The van der Waals surface area contributed by atoms with Crippen molar-refractivity contribution in [2.45, 2.75) is 25.2 Å². The number of carbonyl (C=O) groups is 2. The molecule has 0 atom stereocenters. The van der Waals surface area contributed by atoms with Crippen LogP contribution in [0.4, 0.5) is 0 Å². The smallest absolute Gasteiger partial charge is 0.269 e. The first kappa shape index (κ1) is 20.6. The van der Waals surface area contributed by atoms with Gasteiger partial charge in [-0.05, 0) is 32.0 Å². The fraction of sp³-hybridized carbons (Fsp3) is 0.353. The molecule has 0 aliphatic carbocycles. The van der Waals surface area contributed by atoms with Crippen molar-refractivity contribution in [3.05, 3.63) is 46.8 Å². The molecule has 2 aromatic rings. The molecule has 1 aromatic heterocycles. The first-order valence-corrected chi connectivity index (χ1v) is 9.59. The number of hydrazine groups is 1. The largest absolute Gasteiger partial charge is 0.273 e. The zero-order chi connectivity index (χ0) is 20.4. The maximum Gasteiger partial charge on any atom is 0.269 e. The van der Waals surface area contributed by atoms with Crippen molar-refractivity contribution in [2.75, 3.05) is 14.1 Å². The Balaban J connectivity index is 2.05. The van der Waals surface area contributed by atoms with Crippen LogP contribution in [0.5, 0.6) is 0 Å². The molecule has 0 saturated carbocycles. The van der Waals surface area contributed by atoms with E-state index in [-0.39, 0.29) is 16.9 Å². The van der Waals surface area contributed by atoms with Gasteiger partial charge in [-0.3, -0.25) is 25.1 Å². The Morgan fingerprint density at radius 2 is 1.85 bits per heavy atom. The third kappa shape index (κ3) is 4.52. The van der Waals surface area contributed by atoms with E-state index in [4.69, 9.17) is 0 Å². The summed E-state index contributed by atoms with van der Waals surface area (Å²) in [6.07, 6.45) is 0.0703. The van der Waals surface area contributed by atoms with Crippen LogP contribution < -0.4 is 10.9 Å². The van der Waals surface area contributed by atoms with E-state index in [0.717, 1.165) is 21.3 Å². The minimum atomic E-state index is -3.66. The Morgan fingerprint density at radius 3 is 2.41 bits per heavy atom. The zero-order valence-corrected chi connectivity index (χ0v) is 16.7. The normalized spacial score (nSPS) is 11.5. The molecule has 0 aliphatic rings. The number of hydrogen-bond acceptors (Lipinski definition) is 5. The topological polar surface area (TPSA) is 113 Å². The van der Waals surface area contributed by atoms with Crippen molar-refractivity contribution in [3.8, 4) is 0 Å². The molecular formula is C17H23N5O4S. The van der Waals surface area contributed by atoms with Crippen LogP contribution in [0.25, 0.3) is 0 Å². The average Bonchev–Trinajstić information content (AvgIpc) is 2.85. The van der Waals surface area contributed by atoms with E-state index in [2.05, 4.69) is 16.0 Å². The van der Waals surface area contributed by atoms with Gasteiger partial charge in [0.15, 0.2) is 0 Å². The number of aryl methyl sites for hydroxylation is 2. The highest BCUT2D eigenvalue weighted by molar-refractivity contribution is 7.89. The number of sulfonamides is 1. The maximum atomic E-state index is 12.2. The highest BCUT2D eigenvalue weighted by Gasteiger charge is 2.19. The number of rotatable bonds is 5. The molecule has 2 N–H and O–H groups in total. The standard InChI is InChI=1S/C17H23N5O4S/c1-11-15(12(2)22(5)20-11)10-16(23)18-19-17(24)13-7-6-8-14(9-13)27(25,26)21(3)4/h6-9H,10H2,1-5H3,(H,18,23)(H,19,24). The summed E-state index contributed by atoms with van der Waals surface area (Å²) in [4.78, 5) is 24.3. The predicted molar refractivity (Wildman–Crippen MR) is 99.3 cm³/mol. The Bertz CT molecular complexity index is 979. The highest BCUT2D eigenvalue weighted by Crippen LogP contribution is 2.15. The molecule has 0 saturated heterocycles. The molecule has 146 valence electrons. The average molecular weight is 393 g/mol. The van der Waals surface area contributed by atoms with Crippen LogP contribution in [0.3, 0.4) is 0 Å². The minimum absolute atomic E-state index is 0.00640. The monoisotopic (exact) mass is 393 g/mol. The summed E-state index contributed by atoms with van der Waals surface area (Å²) in [6, 6.07) is 5.59. The number of hydrogen-bond donors (Lipinski definition) is 2. The molecular weight excluding hydrogens is 370 g/mol. The lowest BCUT2D eigenvalue weighted by molar-refractivity contribution is -0.121. The summed E-state index contributed by atoms with van der Waals surface area (Å²) in [5, 5.41) is 4.24. The first-order chi connectivity index (χ1) is 12.5. The van der Waals surface area contributed by atoms with Crippen molar-refractivity contribution in [2.24, 2.45) is 7.05 Å². The van der Waals surface area contributed by atoms with Gasteiger partial charge in [-0.25, -0.2) is 12.7 Å². The van der Waals surface area contributed by atoms with Crippen LogP contribution >= 0.6 is 0 Å². The summed E-state index contributed by atoms with van der Waals surface area (Å²) in [6.45, 7) is 3.67. The summed E-state index contributed by atoms with van der Waals surface area (Å²) >= 11 is 0. The molecule has 2 amide bonds. The van der Waals surface area contributed by atoms with E-state index in [1.807, 2.05) is 13.8 Å². The molecule has 0 unspecified atom stereocenters. The van der Waals surface area contributed by atoms with Gasteiger partial charge in [0, 0.05) is 38.0 Å². The van der Waals surface area contributed by atoms with Crippen LogP contribution in [0.1, 0.15) is 27.3 Å². The molecule has 1 aromatic carbocycles. The molecule has 27 heavy (non-hydrogen) atoms. The van der Waals surface area contributed by atoms with Gasteiger partial charge in [0.1, 0.15) is 0 Å². The van der Waals surface area contributed by atoms with E-state index in [0.29, 0.717) is 0 Å². The minimum Gasteiger partial charge on any atom is -0.273 e. The molecule has 10 heteroatoms. The second kappa shape index (κ2) is 7.89. The third-order valence-electron chi connectivity index (χ3n) is 4.19. The Morgan fingerprint density at radius 1 is 1.19 bits per heavy atom. The van der Waals surface area contributed by atoms with Crippen LogP contribution in [0.2, 0.25) is 0 Å². The van der Waals surface area contributed by atoms with Crippen LogP contribution in [0, 0.1) is 13.8 Å². The van der Waals surface area contributed by atoms with Crippen molar-refractivity contribution in [1.29, 1.82) is 0 Å². The second-order valence-electron chi connectivity index (χ2n) is 6.27. The summed E-state index contributed by atoms with van der Waals surface area (Å²) in [5.74, 6) is -1.02. The van der Waals surface area contributed by atoms with Crippen LogP contribution in [0.15, 0.2) is 29.2 Å². The molecule has 1 heterocycles. The molecule has 2 rings (SSSR count). The number of benzene rings is 1. The van der Waals surface area contributed by atoms with Gasteiger partial charge in [0.05, 0.1) is 17.0 Å². The van der Waals surface area contributed by atoms with Gasteiger partial charge in [0.2, 0.25) is 15.9 Å². The third-order valence-corrected chi connectivity index (χ3v) is 6.00. The van der Waals surface area contributed by atoms with E-state index >= 15 is 0 Å². The number of aromatic nitrogens is 2. The van der Waals surface area contributed by atoms with Gasteiger partial charge in [-0.1, -0.05) is 6.07 Å². The fourth-order valence-corrected chi connectivity index (χ4v) is 3.43. The quantitative estimate of drug-likeness (QED) is 0.709. The van der Waals surface area contributed by atoms with Crippen molar-refractivity contribution in [1.82, 2.24) is 24.9 Å². The lowest BCUT2D eigenvalue weighted by Crippen LogP contribution is -2.42. The van der Waals surface area contributed by atoms with Gasteiger partial charge >= 0.3 is 0 Å². The Labute approximate surface area is 158 Å². The van der Waals surface area contributed by atoms with Crippen molar-refractivity contribution in [3.63, 3.8) is 0 Å². The number of nitrogens with one attached hydrogen (secondary N) is 2. The predicted octanol–water partition coefficient (Wildman–Crippen LogP) is 0.291. The number of amides is 2. The van der Waals surface area contributed by atoms with E-state index in [1.165, 1.54) is 38.4 Å². The first-order valence-electron chi connectivity index (χ1n) is 8.15. The van der Waals surface area contributed by atoms with Crippen molar-refractivity contribution >= 4 is 21.8 Å². The lowest BCUT2D eigenvalue weighted by Gasteiger charge is -2.12. The van der Waals surface area contributed by atoms with Gasteiger partial charge in [-0.2, -0.15) is 5.10 Å². The van der Waals surface area contributed by atoms with Crippen LogP contribution in [-0.4, -0.2) is 48.4 Å². The molecule has 0 spiro atoms. The highest BCUT2D eigenvalue weighted by atomic mass is 32.2. The SMILES string of the molecule is Cc1nn(C)c(C)c1CC(=O)NNC(=O)c1cccc(S(=O)(=O)N(C)C)c1. The van der Waals surface area contributed by atoms with Crippen LogP contribution in [-0.2, 0) is 28.3 Å². The van der Waals surface area contributed by atoms with Gasteiger partial charge in [0.25, 0.3) is 5.91 Å². The number of carbonyl (C=O) groups excluding carboxylic acids is 2. The maximum absolute atomic E-state index is 12.2. The molecule has 0 radical (unpaired) electrons. The molecule has 0 bridgehead atoms. The molecule has 0 fully saturated rings. The van der Waals surface area contributed by atoms with E-state index in [1.54, 1.807) is 11.7 Å². The Kier molecular flexibility index (Phi) is 6.01. The molecule has 0 aliphatic heterocycles. The number of nitrogens with zero attached hydrogens (tertiary/aromatic N) is 3. The summed E-state index contributed by atoms with van der Waals surface area (Å²) in [5.41, 5.74) is 7.17. The summed E-state index contributed by atoms with van der Waals surface area (Å²) < 4.78 is 27.1. The van der Waals surface area contributed by atoms with E-state index < -0.39 is 21.8 Å². The van der Waals surface area contributed by atoms with Gasteiger partial charge in [-0.15, -0.1) is 0 Å². The Hall–Kier alpha value is -2.72. The second-order valence-corrected chi connectivity index (χ2v) is 8.42. The van der Waals surface area contributed by atoms with E-state index in [9.17, 15) is 18.0 Å². The zero-order valence-electron chi connectivity index (χ0n) is 15.9. The lowest BCUT2D eigenvalue weighted by atomic mass is 10.1. The van der Waals surface area contributed by atoms with Crippen molar-refractivity contribution < 1.29 is 18.0 Å².